The van der Waals surface area contributed by atoms with E-state index in [0.29, 0.717) is 19.5 Å². The van der Waals surface area contributed by atoms with Crippen LogP contribution in [0.4, 0.5) is 10.5 Å². The van der Waals surface area contributed by atoms with Gasteiger partial charge in [-0.15, -0.1) is 0 Å². The summed E-state index contributed by atoms with van der Waals surface area (Å²) >= 11 is 0. The molecule has 1 aliphatic rings. The molecule has 0 saturated carbocycles. The van der Waals surface area contributed by atoms with E-state index < -0.39 is 0 Å². The van der Waals surface area contributed by atoms with E-state index in [9.17, 15) is 9.59 Å². The van der Waals surface area contributed by atoms with Crippen molar-refractivity contribution in [1.29, 1.82) is 0 Å². The molecule has 1 aromatic rings. The molecule has 4 nitrogen and oxygen atoms in total. The summed E-state index contributed by atoms with van der Waals surface area (Å²) in [6.45, 7) is 3.36. The first-order valence-corrected chi connectivity index (χ1v) is 5.82. The average Bonchev–Trinajstić information content (AvgIpc) is 2.76. The molecule has 1 N–H and O–H groups in total. The Balaban J connectivity index is 2.33. The van der Waals surface area contributed by atoms with Gasteiger partial charge in [0.1, 0.15) is 6.29 Å². The molecule has 17 heavy (non-hydrogen) atoms. The van der Waals surface area contributed by atoms with Crippen molar-refractivity contribution < 1.29 is 9.59 Å². The third-order valence-corrected chi connectivity index (χ3v) is 3.07. The monoisotopic (exact) mass is 232 g/mol. The molecule has 1 aromatic carbocycles. The van der Waals surface area contributed by atoms with Crippen LogP contribution in [0.3, 0.4) is 0 Å². The van der Waals surface area contributed by atoms with Gasteiger partial charge in [0.05, 0.1) is 0 Å². The van der Waals surface area contributed by atoms with E-state index in [2.05, 4.69) is 5.32 Å². The van der Waals surface area contributed by atoms with Gasteiger partial charge in [-0.2, -0.15) is 0 Å². The van der Waals surface area contributed by atoms with Crippen molar-refractivity contribution in [2.24, 2.45) is 0 Å². The van der Waals surface area contributed by atoms with Crippen LogP contribution < -0.4 is 10.2 Å². The van der Waals surface area contributed by atoms with E-state index >= 15 is 0 Å². The lowest BCUT2D eigenvalue weighted by Crippen LogP contribution is -2.28. The highest BCUT2D eigenvalue weighted by atomic mass is 16.2. The van der Waals surface area contributed by atoms with Gasteiger partial charge in [-0.3, -0.25) is 4.90 Å². The number of nitrogens with one attached hydrogen (secondary N) is 1. The Bertz CT molecular complexity index is 431. The van der Waals surface area contributed by atoms with Gasteiger partial charge in [0.15, 0.2) is 0 Å². The molecule has 90 valence electrons. The summed E-state index contributed by atoms with van der Waals surface area (Å²) in [5.74, 6) is 0.136. The number of carbonyl (C=O) groups is 2. The van der Waals surface area contributed by atoms with Gasteiger partial charge in [-0.1, -0.05) is 25.1 Å². The summed E-state index contributed by atoms with van der Waals surface area (Å²) in [5, 5.41) is 2.78. The maximum Gasteiger partial charge on any atom is 0.322 e. The van der Waals surface area contributed by atoms with Crippen molar-refractivity contribution in [1.82, 2.24) is 5.32 Å². The molecule has 0 aromatic heterocycles. The molecular formula is C13H16N2O2. The predicted molar refractivity (Wildman–Crippen MR) is 66.3 cm³/mol. The van der Waals surface area contributed by atoms with Crippen molar-refractivity contribution in [3.63, 3.8) is 0 Å². The molecule has 2 amide bonds. The minimum Gasteiger partial charge on any atom is -0.336 e. The van der Waals surface area contributed by atoms with Crippen LogP contribution >= 0.6 is 0 Å². The number of urea groups is 1. The van der Waals surface area contributed by atoms with Gasteiger partial charge in [0.25, 0.3) is 0 Å². The molecule has 1 atom stereocenters. The summed E-state index contributed by atoms with van der Waals surface area (Å²) in [6.07, 6.45) is 1.40. The Morgan fingerprint density at radius 3 is 2.88 bits per heavy atom. The molecule has 0 aliphatic carbocycles. The normalized spacial score (nSPS) is 16.8. The van der Waals surface area contributed by atoms with E-state index in [1.807, 2.05) is 31.2 Å². The second kappa shape index (κ2) is 4.99. The molecule has 1 aliphatic heterocycles. The second-order valence-corrected chi connectivity index (χ2v) is 4.25. The molecule has 1 unspecified atom stereocenters. The maximum absolute atomic E-state index is 11.7. The summed E-state index contributed by atoms with van der Waals surface area (Å²) in [6, 6.07) is 7.71. The molecule has 0 bridgehead atoms. The minimum atomic E-state index is -0.0595. The largest absolute Gasteiger partial charge is 0.336 e. The molecule has 1 fully saturated rings. The number of aldehydes is 1. The quantitative estimate of drug-likeness (QED) is 0.806. The van der Waals surface area contributed by atoms with Gasteiger partial charge in [0, 0.05) is 25.2 Å². The van der Waals surface area contributed by atoms with Crippen LogP contribution in [0.1, 0.15) is 24.8 Å². The zero-order valence-electron chi connectivity index (χ0n) is 9.85. The summed E-state index contributed by atoms with van der Waals surface area (Å²) in [5.41, 5.74) is 1.97. The fourth-order valence-corrected chi connectivity index (χ4v) is 2.12. The number of amides is 2. The first-order chi connectivity index (χ1) is 8.24. The van der Waals surface area contributed by atoms with Gasteiger partial charge in [-0.05, 0) is 17.5 Å². The van der Waals surface area contributed by atoms with Crippen molar-refractivity contribution in [3.05, 3.63) is 29.8 Å². The topological polar surface area (TPSA) is 49.4 Å². The van der Waals surface area contributed by atoms with Gasteiger partial charge in [0.2, 0.25) is 0 Å². The first kappa shape index (κ1) is 11.6. The summed E-state index contributed by atoms with van der Waals surface area (Å²) < 4.78 is 0. The number of benzene rings is 1. The van der Waals surface area contributed by atoms with E-state index in [-0.39, 0.29) is 11.9 Å². The third-order valence-electron chi connectivity index (χ3n) is 3.07. The van der Waals surface area contributed by atoms with Crippen molar-refractivity contribution in [3.8, 4) is 0 Å². The maximum atomic E-state index is 11.7. The van der Waals surface area contributed by atoms with Gasteiger partial charge < -0.3 is 10.1 Å². The molecule has 4 heteroatoms. The molecule has 2 rings (SSSR count). The van der Waals surface area contributed by atoms with E-state index in [4.69, 9.17) is 0 Å². The fraction of sp³-hybridized carbons (Fsp3) is 0.385. The molecule has 1 heterocycles. The minimum absolute atomic E-state index is 0.0595. The van der Waals surface area contributed by atoms with Gasteiger partial charge >= 0.3 is 6.03 Å². The zero-order valence-corrected chi connectivity index (χ0v) is 9.85. The van der Waals surface area contributed by atoms with Crippen LogP contribution in [-0.4, -0.2) is 25.4 Å². The predicted octanol–water partition coefficient (Wildman–Crippen LogP) is 1.91. The van der Waals surface area contributed by atoms with Crippen LogP contribution in [-0.2, 0) is 4.79 Å². The van der Waals surface area contributed by atoms with E-state index in [1.54, 1.807) is 4.90 Å². The van der Waals surface area contributed by atoms with Crippen LogP contribution in [0, 0.1) is 0 Å². The Morgan fingerprint density at radius 1 is 1.47 bits per heavy atom. The lowest BCUT2D eigenvalue weighted by molar-refractivity contribution is -0.108. The summed E-state index contributed by atoms with van der Waals surface area (Å²) in [7, 11) is 0. The van der Waals surface area contributed by atoms with Crippen molar-refractivity contribution >= 4 is 18.0 Å². The molecular weight excluding hydrogens is 216 g/mol. The van der Waals surface area contributed by atoms with E-state index in [1.165, 1.54) is 0 Å². The van der Waals surface area contributed by atoms with Crippen LogP contribution in [0.5, 0.6) is 0 Å². The highest BCUT2D eigenvalue weighted by Crippen LogP contribution is 2.29. The summed E-state index contributed by atoms with van der Waals surface area (Å²) in [4.78, 5) is 24.0. The Kier molecular flexibility index (Phi) is 3.42. The number of hydrogen-bond donors (Lipinski definition) is 1. The van der Waals surface area contributed by atoms with Gasteiger partial charge in [-0.25, -0.2) is 4.79 Å². The standard InChI is InChI=1S/C13H16N2O2/c1-10(6-9-16)11-4-2-3-5-12(11)15-8-7-14-13(15)17/h2-5,9-10H,6-8H2,1H3,(H,14,17). The number of nitrogens with zero attached hydrogens (tertiary/aromatic N) is 1. The third kappa shape index (κ3) is 2.30. The number of para-hydroxylation sites is 1. The molecule has 0 radical (unpaired) electrons. The lowest BCUT2D eigenvalue weighted by atomic mass is 9.96. The lowest BCUT2D eigenvalue weighted by Gasteiger charge is -2.21. The Morgan fingerprint density at radius 2 is 2.24 bits per heavy atom. The van der Waals surface area contributed by atoms with E-state index in [0.717, 1.165) is 17.5 Å². The number of carbonyl (C=O) groups excluding carboxylic acids is 2. The smallest absolute Gasteiger partial charge is 0.322 e. The fourth-order valence-electron chi connectivity index (χ4n) is 2.12. The number of rotatable bonds is 4. The Labute approximate surface area is 101 Å². The highest BCUT2D eigenvalue weighted by Gasteiger charge is 2.24. The van der Waals surface area contributed by atoms with Crippen LogP contribution in [0.25, 0.3) is 0 Å². The zero-order chi connectivity index (χ0) is 12.3. The highest BCUT2D eigenvalue weighted by molar-refractivity contribution is 5.94. The van der Waals surface area contributed by atoms with Crippen molar-refractivity contribution in [2.45, 2.75) is 19.3 Å². The second-order valence-electron chi connectivity index (χ2n) is 4.25. The molecule has 1 saturated heterocycles. The average molecular weight is 232 g/mol. The first-order valence-electron chi connectivity index (χ1n) is 5.82. The SMILES string of the molecule is CC(CC=O)c1ccccc1N1CCNC1=O. The molecule has 0 spiro atoms. The van der Waals surface area contributed by atoms with Crippen molar-refractivity contribution in [2.75, 3.05) is 18.0 Å². The van der Waals surface area contributed by atoms with Crippen LogP contribution in [0.2, 0.25) is 0 Å². The number of anilines is 1. The Hall–Kier alpha value is -1.84. The van der Waals surface area contributed by atoms with Crippen LogP contribution in [0.15, 0.2) is 24.3 Å². The number of hydrogen-bond acceptors (Lipinski definition) is 2.